The van der Waals surface area contributed by atoms with E-state index in [0.717, 1.165) is 0 Å². The van der Waals surface area contributed by atoms with Crippen LogP contribution in [0.3, 0.4) is 0 Å². The molecule has 0 aliphatic carbocycles. The van der Waals surface area contributed by atoms with Crippen molar-refractivity contribution in [2.24, 2.45) is 10.4 Å². The molecule has 0 saturated carbocycles. The minimum absolute atomic E-state index is 0. The van der Waals surface area contributed by atoms with E-state index in [1.807, 2.05) is 6.29 Å². The molecule has 0 amide bonds. The quantitative estimate of drug-likeness (QED) is 0.391. The van der Waals surface area contributed by atoms with Crippen molar-refractivity contribution in [1.29, 1.82) is 0 Å². The normalized spacial score (nSPS) is 20.3. The second-order valence-corrected chi connectivity index (χ2v) is 10.3. The van der Waals surface area contributed by atoms with E-state index < -0.39 is 23.2 Å². The van der Waals surface area contributed by atoms with Crippen molar-refractivity contribution in [3.8, 4) is 0 Å². The number of aliphatic imine (C=N–C) groups is 1. The third kappa shape index (κ3) is 7.08. The number of carboxylic acid groups (broad SMARTS) is 1. The smallest absolute Gasteiger partial charge is 0.481 e. The van der Waals surface area contributed by atoms with Crippen LogP contribution in [0, 0.1) is 49.8 Å². The Hall–Kier alpha value is -1.61. The molecular weight excluding hydrogens is 745 g/mol. The largest absolute Gasteiger partial charge is 2.00 e. The molecule has 1 aromatic carbocycles. The van der Waals surface area contributed by atoms with Gasteiger partial charge in [-0.15, -0.1) is 22.6 Å². The number of thiazole rings is 1. The molecule has 2 aromatic rings. The monoisotopic (exact) mass is 772 g/mol. The minimum atomic E-state index is -0.956. The molecular formula is C25H28ClFN4O4SU. The molecule has 1 unspecified atom stereocenters. The first-order valence-electron chi connectivity index (χ1n) is 11.1. The molecule has 1 fully saturated rings. The summed E-state index contributed by atoms with van der Waals surface area (Å²) in [5.74, 6) is -1.06. The van der Waals surface area contributed by atoms with Crippen LogP contribution in [-0.2, 0) is 14.3 Å². The summed E-state index contributed by atoms with van der Waals surface area (Å²) in [6, 6.07) is 3.34. The van der Waals surface area contributed by atoms with Crippen molar-refractivity contribution in [3.05, 3.63) is 69.9 Å². The third-order valence-electron chi connectivity index (χ3n) is 6.18. The predicted molar refractivity (Wildman–Crippen MR) is 137 cm³/mol. The van der Waals surface area contributed by atoms with Gasteiger partial charge >= 0.3 is 37.1 Å². The number of amidine groups is 1. The van der Waals surface area contributed by atoms with Crippen LogP contribution < -0.4 is 5.32 Å². The number of halogens is 2. The fraction of sp³-hybridized carbons (Fsp3) is 0.400. The molecule has 8 nitrogen and oxygen atoms in total. The summed E-state index contributed by atoms with van der Waals surface area (Å²) in [5, 5.41) is 15.1. The Morgan fingerprint density at radius 3 is 2.84 bits per heavy atom. The SMILES string of the molecule is CC(C)(CC1COCCN1CC1=C([C-]=O)[C@H](c2cccc(F)c2Cl)N=C(c2nccs2)N1)C(=O)O.[CH3-].[U+2]. The number of rotatable bonds is 8. The fourth-order valence-electron chi connectivity index (χ4n) is 4.21. The maximum atomic E-state index is 14.3. The molecule has 0 radical (unpaired) electrons. The Labute approximate surface area is 248 Å². The Morgan fingerprint density at radius 2 is 2.19 bits per heavy atom. The number of nitrogens with zero attached hydrogens (tertiary/aromatic N) is 3. The Morgan fingerprint density at radius 1 is 1.43 bits per heavy atom. The molecule has 2 aliphatic heterocycles. The van der Waals surface area contributed by atoms with E-state index in [0.29, 0.717) is 54.8 Å². The van der Waals surface area contributed by atoms with Gasteiger partial charge in [-0.1, -0.05) is 23.7 Å². The van der Waals surface area contributed by atoms with E-state index in [9.17, 15) is 19.1 Å². The summed E-state index contributed by atoms with van der Waals surface area (Å²) >= 11 is 7.64. The fourth-order valence-corrected chi connectivity index (χ4v) is 5.03. The van der Waals surface area contributed by atoms with Gasteiger partial charge < -0.3 is 32.3 Å². The molecule has 37 heavy (non-hydrogen) atoms. The number of carboxylic acids is 1. The van der Waals surface area contributed by atoms with Crippen molar-refractivity contribution in [2.75, 3.05) is 26.3 Å². The molecule has 0 bridgehead atoms. The van der Waals surface area contributed by atoms with Crippen LogP contribution in [0.4, 0.5) is 4.39 Å². The summed E-state index contributed by atoms with van der Waals surface area (Å²) in [4.78, 5) is 35.0. The van der Waals surface area contributed by atoms with Gasteiger partial charge in [0.1, 0.15) is 11.7 Å². The molecule has 2 atom stereocenters. The van der Waals surface area contributed by atoms with Crippen molar-refractivity contribution >= 4 is 41.0 Å². The summed E-state index contributed by atoms with van der Waals surface area (Å²) in [6.07, 6.45) is 4.00. The van der Waals surface area contributed by atoms with Crippen molar-refractivity contribution in [1.82, 2.24) is 15.2 Å². The molecule has 1 saturated heterocycles. The summed E-state index contributed by atoms with van der Waals surface area (Å²) in [5.41, 5.74) is 0.137. The molecule has 3 heterocycles. The van der Waals surface area contributed by atoms with Crippen LogP contribution in [0.2, 0.25) is 5.02 Å². The molecule has 2 N–H and O–H groups in total. The number of benzene rings is 1. The van der Waals surface area contributed by atoms with Gasteiger partial charge in [0, 0.05) is 24.2 Å². The zero-order valence-electron chi connectivity index (χ0n) is 20.8. The summed E-state index contributed by atoms with van der Waals surface area (Å²) in [7, 11) is 0. The second kappa shape index (κ2) is 13.5. The average molecular weight is 773 g/mol. The zero-order chi connectivity index (χ0) is 25.2. The number of hydrogen-bond donors (Lipinski definition) is 2. The van der Waals surface area contributed by atoms with Gasteiger partial charge in [-0.3, -0.25) is 9.79 Å². The number of aliphatic carboxylic acids is 1. The van der Waals surface area contributed by atoms with E-state index in [2.05, 4.69) is 20.2 Å². The van der Waals surface area contributed by atoms with Crippen molar-refractivity contribution in [3.63, 3.8) is 0 Å². The van der Waals surface area contributed by atoms with Crippen LogP contribution in [0.1, 0.15) is 36.9 Å². The number of morpholine rings is 1. The number of hydrogen-bond acceptors (Lipinski definition) is 8. The van der Waals surface area contributed by atoms with E-state index in [4.69, 9.17) is 16.3 Å². The van der Waals surface area contributed by atoms with Crippen LogP contribution in [0.15, 0.2) is 46.0 Å². The maximum absolute atomic E-state index is 14.3. The first kappa shape index (κ1) is 31.6. The molecule has 2 aliphatic rings. The average Bonchev–Trinajstić information content (AvgIpc) is 3.36. The zero-order valence-corrected chi connectivity index (χ0v) is 26.5. The van der Waals surface area contributed by atoms with E-state index in [1.54, 1.807) is 31.5 Å². The standard InChI is InChI=1S/C24H25ClFN4O4S.CH3.U/c1-24(2,23(32)33)10-14-13-34-8-7-30(14)11-18-16(12-31)20(15-4-3-5-17(26)19(15)25)29-21(28-18)22-27-6-9-35-22;;/h3-6,9,14,20H,7-8,10-11,13H2,1-2H3,(H,28,29)(H,32,33);1H3;/q2*-1;+2/t14?,20-;;/m0../s1. The van der Waals surface area contributed by atoms with Gasteiger partial charge in [0.2, 0.25) is 0 Å². The summed E-state index contributed by atoms with van der Waals surface area (Å²) < 4.78 is 19.9. The Balaban J connectivity index is 0.00000241. The first-order valence-corrected chi connectivity index (χ1v) is 12.3. The van der Waals surface area contributed by atoms with Crippen LogP contribution >= 0.6 is 22.9 Å². The number of carbonyl (C=O) groups excluding carboxylic acids is 1. The first-order chi connectivity index (χ1) is 16.7. The minimum Gasteiger partial charge on any atom is -0.481 e. The third-order valence-corrected chi connectivity index (χ3v) is 7.36. The van der Waals surface area contributed by atoms with Crippen LogP contribution in [0.5, 0.6) is 0 Å². The Kier molecular flexibility index (Phi) is 11.5. The van der Waals surface area contributed by atoms with Crippen molar-refractivity contribution in [2.45, 2.75) is 32.4 Å². The van der Waals surface area contributed by atoms with E-state index >= 15 is 0 Å². The molecule has 196 valence electrons. The van der Waals surface area contributed by atoms with Gasteiger partial charge in [-0.2, -0.15) is 0 Å². The van der Waals surface area contributed by atoms with Gasteiger partial charge in [0.15, 0.2) is 5.01 Å². The number of carbonyl (C=O) groups is 1. The molecule has 0 spiro atoms. The van der Waals surface area contributed by atoms with Gasteiger partial charge in [-0.25, -0.2) is 9.37 Å². The molecule has 12 heteroatoms. The van der Waals surface area contributed by atoms with Gasteiger partial charge in [-0.05, 0) is 44.7 Å². The second-order valence-electron chi connectivity index (χ2n) is 9.07. The maximum Gasteiger partial charge on any atom is 2.00 e. The van der Waals surface area contributed by atoms with E-state index in [1.165, 1.54) is 23.5 Å². The predicted octanol–water partition coefficient (Wildman–Crippen LogP) is 4.04. The number of ether oxygens (including phenoxy) is 1. The Bertz CT molecular complexity index is 1180. The van der Waals surface area contributed by atoms with Crippen molar-refractivity contribution < 1.29 is 54.9 Å². The number of nitrogens with one attached hydrogen (secondary N) is 1. The van der Waals surface area contributed by atoms with Gasteiger partial charge in [0.25, 0.3) is 0 Å². The van der Waals surface area contributed by atoms with E-state index in [-0.39, 0.29) is 55.2 Å². The summed E-state index contributed by atoms with van der Waals surface area (Å²) in [6.45, 7) is 5.05. The topological polar surface area (TPSA) is 104 Å². The van der Waals surface area contributed by atoms with Crippen LogP contribution in [0.25, 0.3) is 0 Å². The number of aromatic nitrogens is 1. The molecule has 4 rings (SSSR count). The van der Waals surface area contributed by atoms with Crippen LogP contribution in [-0.4, -0.2) is 65.4 Å². The van der Waals surface area contributed by atoms with Gasteiger partial charge in [0.05, 0.1) is 29.7 Å². The molecule has 1 aromatic heterocycles.